The van der Waals surface area contributed by atoms with E-state index in [-0.39, 0.29) is 24.5 Å². The average molecular weight is 368 g/mol. The van der Waals surface area contributed by atoms with E-state index in [0.29, 0.717) is 23.8 Å². The lowest BCUT2D eigenvalue weighted by atomic mass is 10.0. The fraction of sp³-hybridized carbons (Fsp3) is 0.364. The number of ether oxygens (including phenoxy) is 1. The first-order valence-electron chi connectivity index (χ1n) is 9.24. The van der Waals surface area contributed by atoms with Gasteiger partial charge in [-0.3, -0.25) is 9.59 Å². The molecule has 0 aromatic heterocycles. The fourth-order valence-electron chi connectivity index (χ4n) is 2.56. The molecular formula is C22H28N2O3. The maximum atomic E-state index is 12.0. The molecule has 0 radical (unpaired) electrons. The van der Waals surface area contributed by atoms with E-state index in [2.05, 4.69) is 24.5 Å². The summed E-state index contributed by atoms with van der Waals surface area (Å²) in [6.45, 7) is 8.06. The number of nitrogens with one attached hydrogen (secondary N) is 2. The van der Waals surface area contributed by atoms with E-state index in [4.69, 9.17) is 4.74 Å². The van der Waals surface area contributed by atoms with E-state index >= 15 is 0 Å². The molecular weight excluding hydrogens is 340 g/mol. The van der Waals surface area contributed by atoms with Crippen molar-refractivity contribution in [2.45, 2.75) is 46.1 Å². The van der Waals surface area contributed by atoms with E-state index < -0.39 is 0 Å². The third-order valence-electron chi connectivity index (χ3n) is 3.97. The molecule has 0 saturated carbocycles. The molecule has 144 valence electrons. The molecule has 0 fully saturated rings. The number of benzene rings is 2. The molecule has 0 spiro atoms. The van der Waals surface area contributed by atoms with Crippen LogP contribution in [0.5, 0.6) is 5.75 Å². The summed E-state index contributed by atoms with van der Waals surface area (Å²) in [4.78, 5) is 23.8. The van der Waals surface area contributed by atoms with Crippen molar-refractivity contribution in [1.82, 2.24) is 5.32 Å². The summed E-state index contributed by atoms with van der Waals surface area (Å²) < 4.78 is 5.52. The molecule has 0 aliphatic heterocycles. The standard InChI is InChI=1S/C22H28N2O3/c1-15(2)18-7-11-20(12-8-18)27-14-22(26)24-19-9-5-17(6-10-19)13-21(25)23-16(3)4/h5-12,15-16H,13-14H2,1-4H3,(H,23,25)(H,24,26). The van der Waals surface area contributed by atoms with Gasteiger partial charge in [0.15, 0.2) is 6.61 Å². The fourth-order valence-corrected chi connectivity index (χ4v) is 2.56. The lowest BCUT2D eigenvalue weighted by Crippen LogP contribution is -2.31. The van der Waals surface area contributed by atoms with Gasteiger partial charge in [0.05, 0.1) is 6.42 Å². The zero-order valence-electron chi connectivity index (χ0n) is 16.4. The largest absolute Gasteiger partial charge is 0.484 e. The summed E-state index contributed by atoms with van der Waals surface area (Å²) in [5.41, 5.74) is 2.80. The van der Waals surface area contributed by atoms with Gasteiger partial charge in [-0.25, -0.2) is 0 Å². The molecule has 27 heavy (non-hydrogen) atoms. The van der Waals surface area contributed by atoms with Gasteiger partial charge < -0.3 is 15.4 Å². The number of carbonyl (C=O) groups is 2. The quantitative estimate of drug-likeness (QED) is 0.743. The highest BCUT2D eigenvalue weighted by Crippen LogP contribution is 2.18. The van der Waals surface area contributed by atoms with Crippen molar-refractivity contribution in [2.24, 2.45) is 0 Å². The topological polar surface area (TPSA) is 67.4 Å². The number of rotatable bonds is 8. The molecule has 2 N–H and O–H groups in total. The number of hydrogen-bond donors (Lipinski definition) is 2. The Morgan fingerprint density at radius 1 is 0.889 bits per heavy atom. The van der Waals surface area contributed by atoms with Crippen molar-refractivity contribution in [3.05, 3.63) is 59.7 Å². The van der Waals surface area contributed by atoms with Crippen LogP contribution in [-0.2, 0) is 16.0 Å². The minimum Gasteiger partial charge on any atom is -0.484 e. The van der Waals surface area contributed by atoms with Crippen LogP contribution in [0.2, 0.25) is 0 Å². The first-order valence-corrected chi connectivity index (χ1v) is 9.24. The molecule has 5 nitrogen and oxygen atoms in total. The van der Waals surface area contributed by atoms with Crippen molar-refractivity contribution < 1.29 is 14.3 Å². The normalized spacial score (nSPS) is 10.7. The SMILES string of the molecule is CC(C)NC(=O)Cc1ccc(NC(=O)COc2ccc(C(C)C)cc2)cc1. The van der Waals surface area contributed by atoms with Crippen molar-refractivity contribution in [1.29, 1.82) is 0 Å². The molecule has 2 aromatic rings. The van der Waals surface area contributed by atoms with Gasteiger partial charge in [-0.15, -0.1) is 0 Å². The second-order valence-electron chi connectivity index (χ2n) is 7.16. The van der Waals surface area contributed by atoms with Gasteiger partial charge in [-0.2, -0.15) is 0 Å². The summed E-state index contributed by atoms with van der Waals surface area (Å²) in [5.74, 6) is 0.884. The summed E-state index contributed by atoms with van der Waals surface area (Å²) in [6.07, 6.45) is 0.321. The molecule has 2 aromatic carbocycles. The Balaban J connectivity index is 1.80. The smallest absolute Gasteiger partial charge is 0.262 e. The van der Waals surface area contributed by atoms with Gasteiger partial charge >= 0.3 is 0 Å². The van der Waals surface area contributed by atoms with Crippen molar-refractivity contribution in [2.75, 3.05) is 11.9 Å². The maximum absolute atomic E-state index is 12.0. The number of anilines is 1. The molecule has 0 aliphatic carbocycles. The molecule has 2 rings (SSSR count). The zero-order chi connectivity index (χ0) is 19.8. The monoisotopic (exact) mass is 368 g/mol. The Labute approximate surface area is 161 Å². The molecule has 0 atom stereocenters. The molecule has 0 bridgehead atoms. The molecule has 0 aliphatic rings. The van der Waals surface area contributed by atoms with Crippen LogP contribution in [0.4, 0.5) is 5.69 Å². The highest BCUT2D eigenvalue weighted by molar-refractivity contribution is 5.92. The lowest BCUT2D eigenvalue weighted by Gasteiger charge is -2.10. The Morgan fingerprint density at radius 3 is 2.07 bits per heavy atom. The predicted molar refractivity (Wildman–Crippen MR) is 108 cm³/mol. The van der Waals surface area contributed by atoms with Gasteiger partial charge in [0.1, 0.15) is 5.75 Å². The van der Waals surface area contributed by atoms with Crippen LogP contribution in [0.1, 0.15) is 44.7 Å². The van der Waals surface area contributed by atoms with Crippen molar-refractivity contribution in [3.63, 3.8) is 0 Å². The first kappa shape index (κ1) is 20.5. The van der Waals surface area contributed by atoms with Crippen molar-refractivity contribution >= 4 is 17.5 Å². The van der Waals surface area contributed by atoms with Crippen LogP contribution in [0.25, 0.3) is 0 Å². The van der Waals surface area contributed by atoms with Crippen LogP contribution in [-0.4, -0.2) is 24.5 Å². The first-order chi connectivity index (χ1) is 12.8. The summed E-state index contributed by atoms with van der Waals surface area (Å²) in [7, 11) is 0. The van der Waals surface area contributed by atoms with Crippen LogP contribution >= 0.6 is 0 Å². The molecule has 0 unspecified atom stereocenters. The summed E-state index contributed by atoms with van der Waals surface area (Å²) in [6, 6.07) is 15.1. The van der Waals surface area contributed by atoms with E-state index in [1.807, 2.05) is 50.2 Å². The van der Waals surface area contributed by atoms with Gasteiger partial charge in [-0.1, -0.05) is 38.1 Å². The minimum atomic E-state index is -0.228. The minimum absolute atomic E-state index is 0.0151. The van der Waals surface area contributed by atoms with E-state index in [9.17, 15) is 9.59 Å². The molecule has 5 heteroatoms. The predicted octanol–water partition coefficient (Wildman–Crippen LogP) is 3.89. The van der Waals surface area contributed by atoms with E-state index in [1.165, 1.54) is 5.56 Å². The van der Waals surface area contributed by atoms with Crippen LogP contribution in [0, 0.1) is 0 Å². The maximum Gasteiger partial charge on any atom is 0.262 e. The summed E-state index contributed by atoms with van der Waals surface area (Å²) in [5, 5.41) is 5.64. The van der Waals surface area contributed by atoms with E-state index in [1.54, 1.807) is 12.1 Å². The zero-order valence-corrected chi connectivity index (χ0v) is 16.4. The average Bonchev–Trinajstić information content (AvgIpc) is 2.61. The molecule has 0 saturated heterocycles. The third-order valence-corrected chi connectivity index (χ3v) is 3.97. The van der Waals surface area contributed by atoms with Gasteiger partial charge in [-0.05, 0) is 55.2 Å². The highest BCUT2D eigenvalue weighted by atomic mass is 16.5. The van der Waals surface area contributed by atoms with Gasteiger partial charge in [0, 0.05) is 11.7 Å². The molecule has 2 amide bonds. The van der Waals surface area contributed by atoms with Crippen molar-refractivity contribution in [3.8, 4) is 5.75 Å². The third kappa shape index (κ3) is 7.13. The number of amides is 2. The number of hydrogen-bond acceptors (Lipinski definition) is 3. The second-order valence-corrected chi connectivity index (χ2v) is 7.16. The Hall–Kier alpha value is -2.82. The highest BCUT2D eigenvalue weighted by Gasteiger charge is 2.07. The Bertz CT molecular complexity index is 750. The van der Waals surface area contributed by atoms with Crippen LogP contribution in [0.3, 0.4) is 0 Å². The van der Waals surface area contributed by atoms with E-state index in [0.717, 1.165) is 5.56 Å². The van der Waals surface area contributed by atoms with Gasteiger partial charge in [0.2, 0.25) is 5.91 Å². The van der Waals surface area contributed by atoms with Crippen LogP contribution in [0.15, 0.2) is 48.5 Å². The molecule has 0 heterocycles. The second kappa shape index (κ2) is 9.76. The Morgan fingerprint density at radius 2 is 1.52 bits per heavy atom. The lowest BCUT2D eigenvalue weighted by molar-refractivity contribution is -0.121. The van der Waals surface area contributed by atoms with Gasteiger partial charge in [0.25, 0.3) is 5.91 Å². The summed E-state index contributed by atoms with van der Waals surface area (Å²) >= 11 is 0. The van der Waals surface area contributed by atoms with Crippen LogP contribution < -0.4 is 15.4 Å². The number of carbonyl (C=O) groups excluding carboxylic acids is 2. The Kier molecular flexibility index (Phi) is 7.41.